The summed E-state index contributed by atoms with van der Waals surface area (Å²) < 4.78 is 5.88. The number of nitrogens with zero attached hydrogens (tertiary/aromatic N) is 3. The molecular formula is C21H19BrN4O3S. The zero-order valence-corrected chi connectivity index (χ0v) is 18.6. The van der Waals surface area contributed by atoms with Crippen molar-refractivity contribution in [2.24, 2.45) is 0 Å². The number of ether oxygens (including phenoxy) is 1. The Morgan fingerprint density at radius 1 is 1.17 bits per heavy atom. The number of carbonyl (C=O) groups excluding carboxylic acids is 2. The smallest absolute Gasteiger partial charge is 0.255 e. The van der Waals surface area contributed by atoms with Crippen molar-refractivity contribution < 1.29 is 14.3 Å². The van der Waals surface area contributed by atoms with Gasteiger partial charge in [0.15, 0.2) is 0 Å². The molecule has 1 N–H and O–H groups in total. The van der Waals surface area contributed by atoms with Gasteiger partial charge in [-0.3, -0.25) is 14.9 Å². The molecule has 4 rings (SSSR count). The van der Waals surface area contributed by atoms with E-state index < -0.39 is 6.04 Å². The molecule has 1 fully saturated rings. The summed E-state index contributed by atoms with van der Waals surface area (Å²) >= 11 is 4.71. The standard InChI is InChI=1S/C21H19BrN4O3S/c1-29-14-10-8-13(9-11-14)19-24-25-21(30-19)23-18(27)17-7-4-12-26(17)20(28)15-5-2-3-6-16(15)22/h2-3,5-6,8-11,17H,4,7,12H2,1H3,(H,23,25,27). The molecule has 0 saturated carbocycles. The summed E-state index contributed by atoms with van der Waals surface area (Å²) in [6.07, 6.45) is 1.40. The molecule has 1 aliphatic heterocycles. The number of hydrogen-bond acceptors (Lipinski definition) is 6. The fraction of sp³-hybridized carbons (Fsp3) is 0.238. The number of methoxy groups -OCH3 is 1. The number of halogens is 1. The molecule has 2 amide bonds. The third kappa shape index (κ3) is 4.22. The van der Waals surface area contributed by atoms with Gasteiger partial charge in [0.1, 0.15) is 16.8 Å². The average molecular weight is 487 g/mol. The van der Waals surface area contributed by atoms with Gasteiger partial charge in [-0.25, -0.2) is 0 Å². The number of amides is 2. The van der Waals surface area contributed by atoms with Gasteiger partial charge in [0.2, 0.25) is 11.0 Å². The lowest BCUT2D eigenvalue weighted by molar-refractivity contribution is -0.119. The van der Waals surface area contributed by atoms with Crippen molar-refractivity contribution in [2.45, 2.75) is 18.9 Å². The fourth-order valence-corrected chi connectivity index (χ4v) is 4.59. The van der Waals surface area contributed by atoms with Gasteiger partial charge in [0.25, 0.3) is 5.91 Å². The van der Waals surface area contributed by atoms with E-state index in [4.69, 9.17) is 4.74 Å². The number of hydrogen-bond donors (Lipinski definition) is 1. The van der Waals surface area contributed by atoms with Gasteiger partial charge in [-0.15, -0.1) is 10.2 Å². The zero-order valence-electron chi connectivity index (χ0n) is 16.2. The van der Waals surface area contributed by atoms with E-state index in [2.05, 4.69) is 31.4 Å². The number of nitrogens with one attached hydrogen (secondary N) is 1. The molecule has 7 nitrogen and oxygen atoms in total. The van der Waals surface area contributed by atoms with Gasteiger partial charge >= 0.3 is 0 Å². The molecule has 1 aromatic heterocycles. The first-order valence-electron chi connectivity index (χ1n) is 9.41. The minimum Gasteiger partial charge on any atom is -0.497 e. The summed E-state index contributed by atoms with van der Waals surface area (Å²) in [4.78, 5) is 27.5. The van der Waals surface area contributed by atoms with Crippen LogP contribution in [0.25, 0.3) is 10.6 Å². The van der Waals surface area contributed by atoms with Crippen LogP contribution in [-0.4, -0.2) is 46.6 Å². The summed E-state index contributed by atoms with van der Waals surface area (Å²) in [5.41, 5.74) is 1.44. The molecule has 0 bridgehead atoms. The van der Waals surface area contributed by atoms with Crippen molar-refractivity contribution in [2.75, 3.05) is 19.0 Å². The molecule has 1 atom stereocenters. The van der Waals surface area contributed by atoms with E-state index in [9.17, 15) is 9.59 Å². The van der Waals surface area contributed by atoms with Crippen LogP contribution in [-0.2, 0) is 4.79 Å². The maximum absolute atomic E-state index is 13.0. The first kappa shape index (κ1) is 20.5. The molecule has 3 aromatic rings. The Hall–Kier alpha value is -2.78. The normalized spacial score (nSPS) is 15.8. The summed E-state index contributed by atoms with van der Waals surface area (Å²) in [5, 5.41) is 12.2. The molecule has 0 aliphatic carbocycles. The van der Waals surface area contributed by atoms with Crippen LogP contribution in [0.3, 0.4) is 0 Å². The molecule has 2 aromatic carbocycles. The highest BCUT2D eigenvalue weighted by Crippen LogP contribution is 2.29. The van der Waals surface area contributed by atoms with Gasteiger partial charge in [-0.2, -0.15) is 0 Å². The average Bonchev–Trinajstić information content (AvgIpc) is 3.43. The molecule has 30 heavy (non-hydrogen) atoms. The molecule has 0 spiro atoms. The fourth-order valence-electron chi connectivity index (χ4n) is 3.38. The van der Waals surface area contributed by atoms with Gasteiger partial charge in [-0.05, 0) is 65.2 Å². The Morgan fingerprint density at radius 3 is 2.67 bits per heavy atom. The van der Waals surface area contributed by atoms with Crippen molar-refractivity contribution in [3.8, 4) is 16.3 Å². The molecule has 154 valence electrons. The molecule has 9 heteroatoms. The van der Waals surface area contributed by atoms with Crippen LogP contribution in [0, 0.1) is 0 Å². The zero-order chi connectivity index (χ0) is 21.1. The highest BCUT2D eigenvalue weighted by atomic mass is 79.9. The largest absolute Gasteiger partial charge is 0.497 e. The lowest BCUT2D eigenvalue weighted by atomic mass is 10.1. The predicted molar refractivity (Wildman–Crippen MR) is 119 cm³/mol. The summed E-state index contributed by atoms with van der Waals surface area (Å²) in [6.45, 7) is 0.547. The first-order chi connectivity index (χ1) is 14.6. The number of anilines is 1. The highest BCUT2D eigenvalue weighted by molar-refractivity contribution is 9.10. The number of aromatic nitrogens is 2. The lowest BCUT2D eigenvalue weighted by Gasteiger charge is -2.24. The van der Waals surface area contributed by atoms with Crippen molar-refractivity contribution in [3.05, 3.63) is 58.6 Å². The molecule has 0 radical (unpaired) electrons. The Balaban J connectivity index is 1.46. The third-order valence-corrected chi connectivity index (χ3v) is 6.49. The third-order valence-electron chi connectivity index (χ3n) is 4.91. The van der Waals surface area contributed by atoms with E-state index in [0.29, 0.717) is 33.1 Å². The van der Waals surface area contributed by atoms with Crippen molar-refractivity contribution >= 4 is 44.2 Å². The van der Waals surface area contributed by atoms with Crippen LogP contribution < -0.4 is 10.1 Å². The number of benzene rings is 2. The summed E-state index contributed by atoms with van der Waals surface area (Å²) in [5.74, 6) is 0.356. The second-order valence-corrected chi connectivity index (χ2v) is 8.60. The van der Waals surface area contributed by atoms with Crippen molar-refractivity contribution in [1.29, 1.82) is 0 Å². The van der Waals surface area contributed by atoms with Gasteiger partial charge < -0.3 is 9.64 Å². The van der Waals surface area contributed by atoms with Crippen LogP contribution in [0.5, 0.6) is 5.75 Å². The van der Waals surface area contributed by atoms with Gasteiger partial charge in [0.05, 0.1) is 12.7 Å². The molecule has 1 saturated heterocycles. The van der Waals surface area contributed by atoms with Crippen LogP contribution in [0.4, 0.5) is 5.13 Å². The Bertz CT molecular complexity index is 1070. The second-order valence-electron chi connectivity index (χ2n) is 6.77. The van der Waals surface area contributed by atoms with E-state index in [1.807, 2.05) is 42.5 Å². The quantitative estimate of drug-likeness (QED) is 0.583. The van der Waals surface area contributed by atoms with Crippen LogP contribution in [0.2, 0.25) is 0 Å². The number of rotatable bonds is 5. The van der Waals surface area contributed by atoms with E-state index in [1.165, 1.54) is 11.3 Å². The molecular weight excluding hydrogens is 468 g/mol. The summed E-state index contributed by atoms with van der Waals surface area (Å²) in [7, 11) is 1.61. The van der Waals surface area contributed by atoms with Crippen molar-refractivity contribution in [3.63, 3.8) is 0 Å². The monoisotopic (exact) mass is 486 g/mol. The SMILES string of the molecule is COc1ccc(-c2nnc(NC(=O)C3CCCN3C(=O)c3ccccc3Br)s2)cc1. The maximum Gasteiger partial charge on any atom is 0.255 e. The topological polar surface area (TPSA) is 84.4 Å². The van der Waals surface area contributed by atoms with Crippen molar-refractivity contribution in [1.82, 2.24) is 15.1 Å². The molecule has 2 heterocycles. The number of carbonyl (C=O) groups is 2. The van der Waals surface area contributed by atoms with E-state index in [1.54, 1.807) is 18.1 Å². The first-order valence-corrected chi connectivity index (χ1v) is 11.0. The van der Waals surface area contributed by atoms with Crippen LogP contribution in [0.1, 0.15) is 23.2 Å². The highest BCUT2D eigenvalue weighted by Gasteiger charge is 2.35. The number of likely N-dealkylation sites (tertiary alicyclic amines) is 1. The Kier molecular flexibility index (Phi) is 6.10. The van der Waals surface area contributed by atoms with E-state index in [0.717, 1.165) is 17.7 Å². The maximum atomic E-state index is 13.0. The molecule has 1 aliphatic rings. The summed E-state index contributed by atoms with van der Waals surface area (Å²) in [6, 6.07) is 14.2. The Labute approximate surface area is 186 Å². The predicted octanol–water partition coefficient (Wildman–Crippen LogP) is 4.22. The van der Waals surface area contributed by atoms with E-state index in [-0.39, 0.29) is 11.8 Å². The van der Waals surface area contributed by atoms with Gasteiger partial charge in [0, 0.05) is 16.6 Å². The van der Waals surface area contributed by atoms with Crippen LogP contribution >= 0.6 is 27.3 Å². The minimum absolute atomic E-state index is 0.156. The van der Waals surface area contributed by atoms with E-state index >= 15 is 0 Å². The Morgan fingerprint density at radius 2 is 1.93 bits per heavy atom. The second kappa shape index (κ2) is 8.93. The van der Waals surface area contributed by atoms with Gasteiger partial charge in [-0.1, -0.05) is 23.5 Å². The molecule has 1 unspecified atom stereocenters. The van der Waals surface area contributed by atoms with Crippen LogP contribution in [0.15, 0.2) is 53.0 Å². The minimum atomic E-state index is -0.530. The lowest BCUT2D eigenvalue weighted by Crippen LogP contribution is -2.43.